The van der Waals surface area contributed by atoms with Gasteiger partial charge in [-0.1, -0.05) is 22.0 Å². The first-order valence-electron chi connectivity index (χ1n) is 5.60. The van der Waals surface area contributed by atoms with Gasteiger partial charge in [0, 0.05) is 15.6 Å². The Balaban J connectivity index is 2.51. The fraction of sp³-hybridized carbons (Fsp3) is 0.143. The molecule has 20 heavy (non-hydrogen) atoms. The molecule has 1 N–H and O–H groups in total. The fourth-order valence-electron chi connectivity index (χ4n) is 1.83. The molecule has 0 aliphatic heterocycles. The van der Waals surface area contributed by atoms with Gasteiger partial charge in [0.1, 0.15) is 23.5 Å². The molecule has 0 aliphatic rings. The monoisotopic (exact) mass is 406 g/mol. The summed E-state index contributed by atoms with van der Waals surface area (Å²) in [5, 5.41) is 10.3. The Morgan fingerprint density at radius 3 is 2.40 bits per heavy atom. The second kappa shape index (κ2) is 6.20. The zero-order valence-corrected chi connectivity index (χ0v) is 13.5. The average Bonchev–Trinajstić information content (AvgIpc) is 2.42. The molecule has 0 heterocycles. The lowest BCUT2D eigenvalue weighted by atomic mass is 10.00. The van der Waals surface area contributed by atoms with Gasteiger partial charge in [-0.15, -0.1) is 0 Å². The van der Waals surface area contributed by atoms with Gasteiger partial charge in [-0.25, -0.2) is 8.78 Å². The number of aliphatic hydroxyl groups is 1. The molecule has 1 atom stereocenters. The molecule has 0 fully saturated rings. The van der Waals surface area contributed by atoms with E-state index in [4.69, 9.17) is 4.74 Å². The van der Waals surface area contributed by atoms with E-state index in [1.165, 1.54) is 7.11 Å². The Morgan fingerprint density at radius 2 is 1.75 bits per heavy atom. The maximum absolute atomic E-state index is 13.9. The largest absolute Gasteiger partial charge is 0.496 e. The molecular formula is C14H10Br2F2O2. The molecule has 2 aromatic carbocycles. The van der Waals surface area contributed by atoms with E-state index >= 15 is 0 Å². The number of rotatable bonds is 3. The van der Waals surface area contributed by atoms with Gasteiger partial charge >= 0.3 is 0 Å². The minimum Gasteiger partial charge on any atom is -0.496 e. The van der Waals surface area contributed by atoms with Crippen LogP contribution >= 0.6 is 31.9 Å². The maximum atomic E-state index is 13.9. The molecule has 0 bridgehead atoms. The molecule has 0 saturated carbocycles. The number of methoxy groups -OCH3 is 1. The first-order chi connectivity index (χ1) is 9.43. The van der Waals surface area contributed by atoms with Crippen LogP contribution in [0.2, 0.25) is 0 Å². The smallest absolute Gasteiger partial charge is 0.137 e. The summed E-state index contributed by atoms with van der Waals surface area (Å²) < 4.78 is 33.3. The van der Waals surface area contributed by atoms with Gasteiger partial charge in [-0.3, -0.25) is 0 Å². The zero-order chi connectivity index (χ0) is 14.9. The third-order valence-corrected chi connectivity index (χ3v) is 3.93. The summed E-state index contributed by atoms with van der Waals surface area (Å²) in [5.41, 5.74) is 0.211. The Labute approximate surface area is 131 Å². The van der Waals surface area contributed by atoms with Crippen LogP contribution in [0.5, 0.6) is 5.75 Å². The van der Waals surface area contributed by atoms with Crippen molar-refractivity contribution >= 4 is 31.9 Å². The first kappa shape index (κ1) is 15.4. The highest BCUT2D eigenvalue weighted by Gasteiger charge is 2.21. The lowest BCUT2D eigenvalue weighted by molar-refractivity contribution is 0.209. The minimum atomic E-state index is -1.32. The molecule has 0 spiro atoms. The topological polar surface area (TPSA) is 29.5 Å². The number of hydrogen-bond acceptors (Lipinski definition) is 2. The van der Waals surface area contributed by atoms with Crippen molar-refractivity contribution in [1.29, 1.82) is 0 Å². The van der Waals surface area contributed by atoms with Crippen molar-refractivity contribution in [2.24, 2.45) is 0 Å². The van der Waals surface area contributed by atoms with Crippen molar-refractivity contribution in [3.63, 3.8) is 0 Å². The fourth-order valence-corrected chi connectivity index (χ4v) is 2.48. The van der Waals surface area contributed by atoms with E-state index in [0.717, 1.165) is 16.6 Å². The molecule has 2 aromatic rings. The lowest BCUT2D eigenvalue weighted by Gasteiger charge is -2.16. The van der Waals surface area contributed by atoms with Crippen LogP contribution < -0.4 is 4.74 Å². The summed E-state index contributed by atoms with van der Waals surface area (Å²) in [6, 6.07) is 6.87. The highest BCUT2D eigenvalue weighted by Crippen LogP contribution is 2.34. The number of aliphatic hydroxyl groups excluding tert-OH is 1. The molecule has 0 radical (unpaired) electrons. The predicted molar refractivity (Wildman–Crippen MR) is 78.8 cm³/mol. The standard InChI is InChI=1S/C14H10Br2F2O2/c1-20-13-4-7(15)2-3-8(13)14(19)9-5-12(18)10(16)6-11(9)17/h2-6,14,19H,1H3. The van der Waals surface area contributed by atoms with Gasteiger partial charge in [0.25, 0.3) is 0 Å². The quantitative estimate of drug-likeness (QED) is 0.754. The highest BCUT2D eigenvalue weighted by atomic mass is 79.9. The highest BCUT2D eigenvalue weighted by molar-refractivity contribution is 9.10. The summed E-state index contributed by atoms with van der Waals surface area (Å²) in [7, 11) is 1.44. The van der Waals surface area contributed by atoms with Crippen LogP contribution in [0, 0.1) is 11.6 Å². The Hall–Kier alpha value is -0.980. The second-order valence-electron chi connectivity index (χ2n) is 4.08. The van der Waals surface area contributed by atoms with Crippen molar-refractivity contribution < 1.29 is 18.6 Å². The molecular weight excluding hydrogens is 398 g/mol. The van der Waals surface area contributed by atoms with Crippen LogP contribution in [0.3, 0.4) is 0 Å². The van der Waals surface area contributed by atoms with Gasteiger partial charge in [0.2, 0.25) is 0 Å². The lowest BCUT2D eigenvalue weighted by Crippen LogP contribution is -2.05. The SMILES string of the molecule is COc1cc(Br)ccc1C(O)c1cc(F)c(Br)cc1F. The van der Waals surface area contributed by atoms with Crippen LogP contribution in [0.15, 0.2) is 39.3 Å². The summed E-state index contributed by atoms with van der Waals surface area (Å²) in [6.45, 7) is 0. The average molecular weight is 408 g/mol. The van der Waals surface area contributed by atoms with Crippen molar-refractivity contribution in [3.8, 4) is 5.75 Å². The van der Waals surface area contributed by atoms with Gasteiger partial charge in [-0.2, -0.15) is 0 Å². The van der Waals surface area contributed by atoms with Crippen LogP contribution in [0.4, 0.5) is 8.78 Å². The Bertz CT molecular complexity index is 647. The van der Waals surface area contributed by atoms with Crippen molar-refractivity contribution in [3.05, 3.63) is 62.0 Å². The van der Waals surface area contributed by atoms with Crippen LogP contribution in [0.25, 0.3) is 0 Å². The predicted octanol–water partition coefficient (Wildman–Crippen LogP) is 4.58. The molecule has 2 nitrogen and oxygen atoms in total. The molecule has 2 rings (SSSR count). The molecule has 1 unspecified atom stereocenters. The van der Waals surface area contributed by atoms with E-state index in [9.17, 15) is 13.9 Å². The molecule has 0 aromatic heterocycles. The van der Waals surface area contributed by atoms with E-state index in [0.29, 0.717) is 11.3 Å². The van der Waals surface area contributed by atoms with E-state index in [-0.39, 0.29) is 10.0 Å². The van der Waals surface area contributed by atoms with E-state index in [1.54, 1.807) is 18.2 Å². The van der Waals surface area contributed by atoms with Gasteiger partial charge < -0.3 is 9.84 Å². The Kier molecular flexibility index (Phi) is 4.78. The van der Waals surface area contributed by atoms with Gasteiger partial charge in [-0.05, 0) is 40.2 Å². The number of halogens is 4. The zero-order valence-electron chi connectivity index (χ0n) is 10.3. The summed E-state index contributed by atoms with van der Waals surface area (Å²) in [5.74, 6) is -0.957. The number of ether oxygens (including phenoxy) is 1. The van der Waals surface area contributed by atoms with Crippen LogP contribution in [-0.4, -0.2) is 12.2 Å². The molecule has 106 valence electrons. The molecule has 0 aliphatic carbocycles. The number of hydrogen-bond donors (Lipinski definition) is 1. The van der Waals surface area contributed by atoms with Crippen molar-refractivity contribution in [1.82, 2.24) is 0 Å². The van der Waals surface area contributed by atoms with E-state index < -0.39 is 17.7 Å². The minimum absolute atomic E-state index is 0.00808. The second-order valence-corrected chi connectivity index (χ2v) is 5.85. The summed E-state index contributed by atoms with van der Waals surface area (Å²) in [6.07, 6.45) is -1.32. The first-order valence-corrected chi connectivity index (χ1v) is 7.18. The molecule has 0 saturated heterocycles. The number of benzene rings is 2. The van der Waals surface area contributed by atoms with E-state index in [2.05, 4.69) is 31.9 Å². The maximum Gasteiger partial charge on any atom is 0.137 e. The van der Waals surface area contributed by atoms with E-state index in [1.807, 2.05) is 0 Å². The molecule has 6 heteroatoms. The van der Waals surface area contributed by atoms with Gasteiger partial charge in [0.15, 0.2) is 0 Å². The summed E-state index contributed by atoms with van der Waals surface area (Å²) in [4.78, 5) is 0. The van der Waals surface area contributed by atoms with Crippen molar-refractivity contribution in [2.45, 2.75) is 6.10 Å². The third-order valence-electron chi connectivity index (χ3n) is 2.82. The Morgan fingerprint density at radius 1 is 1.05 bits per heavy atom. The van der Waals surface area contributed by atoms with Crippen molar-refractivity contribution in [2.75, 3.05) is 7.11 Å². The normalized spacial score (nSPS) is 12.3. The van der Waals surface area contributed by atoms with Crippen LogP contribution in [-0.2, 0) is 0 Å². The third kappa shape index (κ3) is 3.02. The van der Waals surface area contributed by atoms with Gasteiger partial charge in [0.05, 0.1) is 11.6 Å². The molecule has 0 amide bonds. The summed E-state index contributed by atoms with van der Waals surface area (Å²) >= 11 is 6.17. The van der Waals surface area contributed by atoms with Crippen LogP contribution in [0.1, 0.15) is 17.2 Å².